The largest absolute Gasteiger partial charge is 0.347 e. The number of rotatable bonds is 2. The second-order valence-corrected chi connectivity index (χ2v) is 5.05. The zero-order valence-electron chi connectivity index (χ0n) is 10.4. The lowest BCUT2D eigenvalue weighted by molar-refractivity contribution is 0.337. The van der Waals surface area contributed by atoms with Crippen LogP contribution in [0.4, 0.5) is 0 Å². The molecule has 1 aliphatic rings. The zero-order chi connectivity index (χ0) is 12.4. The number of aromatic nitrogens is 1. The van der Waals surface area contributed by atoms with Gasteiger partial charge in [-0.15, -0.1) is 0 Å². The molecule has 1 aliphatic heterocycles. The van der Waals surface area contributed by atoms with Crippen molar-refractivity contribution < 1.29 is 0 Å². The fraction of sp³-hybridized carbons (Fsp3) is 0.400. The molecule has 1 N–H and O–H groups in total. The molecule has 1 aromatic carbocycles. The van der Waals surface area contributed by atoms with Crippen molar-refractivity contribution in [2.24, 2.45) is 5.92 Å². The van der Waals surface area contributed by atoms with Crippen molar-refractivity contribution in [2.45, 2.75) is 19.4 Å². The van der Waals surface area contributed by atoms with Gasteiger partial charge in [0.05, 0.1) is 11.6 Å². The predicted molar refractivity (Wildman–Crippen MR) is 72.2 cm³/mol. The van der Waals surface area contributed by atoms with Gasteiger partial charge in [-0.3, -0.25) is 0 Å². The first-order valence-corrected chi connectivity index (χ1v) is 6.56. The van der Waals surface area contributed by atoms with Crippen LogP contribution in [0.2, 0.25) is 0 Å². The van der Waals surface area contributed by atoms with Crippen LogP contribution in [0.5, 0.6) is 0 Å². The van der Waals surface area contributed by atoms with Crippen molar-refractivity contribution >= 4 is 10.9 Å². The quantitative estimate of drug-likeness (QED) is 0.874. The Balaban J connectivity index is 1.89. The van der Waals surface area contributed by atoms with Gasteiger partial charge < -0.3 is 9.88 Å². The Morgan fingerprint density at radius 3 is 2.89 bits per heavy atom. The van der Waals surface area contributed by atoms with Gasteiger partial charge in [0.2, 0.25) is 0 Å². The van der Waals surface area contributed by atoms with E-state index >= 15 is 0 Å². The van der Waals surface area contributed by atoms with Crippen molar-refractivity contribution in [3.05, 3.63) is 36.0 Å². The van der Waals surface area contributed by atoms with Crippen molar-refractivity contribution in [3.63, 3.8) is 0 Å². The molecule has 3 rings (SSSR count). The molecule has 2 heterocycles. The maximum Gasteiger partial charge on any atom is 0.0992 e. The molecule has 0 unspecified atom stereocenters. The van der Waals surface area contributed by atoms with Crippen molar-refractivity contribution in [1.82, 2.24) is 9.88 Å². The highest BCUT2D eigenvalue weighted by molar-refractivity contribution is 5.81. The van der Waals surface area contributed by atoms with E-state index in [-0.39, 0.29) is 0 Å². The van der Waals surface area contributed by atoms with Crippen LogP contribution in [-0.2, 0) is 6.54 Å². The Labute approximate surface area is 107 Å². The molecule has 3 heteroatoms. The monoisotopic (exact) mass is 239 g/mol. The molecule has 0 radical (unpaired) electrons. The van der Waals surface area contributed by atoms with Crippen molar-refractivity contribution in [2.75, 3.05) is 13.1 Å². The van der Waals surface area contributed by atoms with Crippen molar-refractivity contribution in [1.29, 1.82) is 5.26 Å². The third-order valence-electron chi connectivity index (χ3n) is 3.82. The van der Waals surface area contributed by atoms with Crippen LogP contribution in [0, 0.1) is 17.2 Å². The van der Waals surface area contributed by atoms with Crippen LogP contribution in [0.15, 0.2) is 30.5 Å². The molecule has 1 saturated heterocycles. The van der Waals surface area contributed by atoms with Gasteiger partial charge in [-0.1, -0.05) is 6.07 Å². The summed E-state index contributed by atoms with van der Waals surface area (Å²) in [7, 11) is 0. The van der Waals surface area contributed by atoms with E-state index in [0.717, 1.165) is 31.1 Å². The topological polar surface area (TPSA) is 40.8 Å². The summed E-state index contributed by atoms with van der Waals surface area (Å²) < 4.78 is 2.30. The molecule has 3 nitrogen and oxygen atoms in total. The number of fused-ring (bicyclic) bond motifs is 1. The third kappa shape index (κ3) is 2.12. The summed E-state index contributed by atoms with van der Waals surface area (Å²) in [6, 6.07) is 10.3. The minimum Gasteiger partial charge on any atom is -0.347 e. The number of benzene rings is 1. The molecule has 0 amide bonds. The standard InChI is InChI=1S/C15H17N3/c16-10-13-1-2-14-5-8-18(15(14)9-13)11-12-3-6-17-7-4-12/h1-2,5,8-9,12,17H,3-4,6-7,11H2. The Bertz CT molecular complexity index is 585. The van der Waals surface area contributed by atoms with E-state index in [1.807, 2.05) is 18.2 Å². The fourth-order valence-electron chi connectivity index (χ4n) is 2.76. The van der Waals surface area contributed by atoms with E-state index in [9.17, 15) is 0 Å². The lowest BCUT2D eigenvalue weighted by Gasteiger charge is -2.23. The van der Waals surface area contributed by atoms with E-state index in [0.29, 0.717) is 0 Å². The van der Waals surface area contributed by atoms with E-state index in [1.165, 1.54) is 23.7 Å². The Kier molecular flexibility index (Phi) is 3.04. The van der Waals surface area contributed by atoms with Crippen LogP contribution < -0.4 is 5.32 Å². The zero-order valence-corrected chi connectivity index (χ0v) is 10.4. The van der Waals surface area contributed by atoms with Gasteiger partial charge in [0.15, 0.2) is 0 Å². The molecule has 1 aromatic heterocycles. The lowest BCUT2D eigenvalue weighted by atomic mass is 9.98. The highest BCUT2D eigenvalue weighted by Crippen LogP contribution is 2.21. The van der Waals surface area contributed by atoms with Crippen LogP contribution >= 0.6 is 0 Å². The number of piperidine rings is 1. The average Bonchev–Trinajstić information content (AvgIpc) is 2.82. The summed E-state index contributed by atoms with van der Waals surface area (Å²) in [6.45, 7) is 3.33. The van der Waals surface area contributed by atoms with E-state index < -0.39 is 0 Å². The number of hydrogen-bond donors (Lipinski definition) is 1. The maximum absolute atomic E-state index is 8.98. The SMILES string of the molecule is N#Cc1ccc2ccn(CC3CCNCC3)c2c1. The highest BCUT2D eigenvalue weighted by atomic mass is 15.0. The molecule has 0 spiro atoms. The highest BCUT2D eigenvalue weighted by Gasteiger charge is 2.14. The Morgan fingerprint density at radius 2 is 2.11 bits per heavy atom. The second kappa shape index (κ2) is 4.83. The van der Waals surface area contributed by atoms with Gasteiger partial charge in [-0.05, 0) is 55.4 Å². The average molecular weight is 239 g/mol. The summed E-state index contributed by atoms with van der Waals surface area (Å²) >= 11 is 0. The molecule has 0 bridgehead atoms. The molecule has 1 fully saturated rings. The number of nitriles is 1. The Morgan fingerprint density at radius 1 is 1.28 bits per heavy atom. The molecule has 18 heavy (non-hydrogen) atoms. The van der Waals surface area contributed by atoms with E-state index in [4.69, 9.17) is 5.26 Å². The maximum atomic E-state index is 8.98. The molecular formula is C15H17N3. The second-order valence-electron chi connectivity index (χ2n) is 5.05. The Hall–Kier alpha value is -1.79. The normalized spacial score (nSPS) is 16.8. The van der Waals surface area contributed by atoms with Crippen LogP contribution in [-0.4, -0.2) is 17.7 Å². The van der Waals surface area contributed by atoms with Crippen LogP contribution in [0.25, 0.3) is 10.9 Å². The van der Waals surface area contributed by atoms with Gasteiger partial charge in [0, 0.05) is 18.3 Å². The smallest absolute Gasteiger partial charge is 0.0992 e. The van der Waals surface area contributed by atoms with Crippen LogP contribution in [0.3, 0.4) is 0 Å². The van der Waals surface area contributed by atoms with Gasteiger partial charge in [0.1, 0.15) is 0 Å². The summed E-state index contributed by atoms with van der Waals surface area (Å²) in [5.74, 6) is 0.757. The minimum atomic E-state index is 0.743. The predicted octanol–water partition coefficient (Wildman–Crippen LogP) is 2.51. The molecular weight excluding hydrogens is 222 g/mol. The first-order valence-electron chi connectivity index (χ1n) is 6.56. The molecule has 0 atom stereocenters. The molecule has 0 aliphatic carbocycles. The number of hydrogen-bond acceptors (Lipinski definition) is 2. The minimum absolute atomic E-state index is 0.743. The van der Waals surface area contributed by atoms with Gasteiger partial charge in [-0.2, -0.15) is 5.26 Å². The number of nitrogens with zero attached hydrogens (tertiary/aromatic N) is 2. The number of nitrogens with one attached hydrogen (secondary N) is 1. The molecule has 0 saturated carbocycles. The summed E-state index contributed by atoms with van der Waals surface area (Å²) in [5, 5.41) is 13.6. The first kappa shape index (κ1) is 11.3. The van der Waals surface area contributed by atoms with Crippen molar-refractivity contribution in [3.8, 4) is 6.07 Å². The summed E-state index contributed by atoms with van der Waals surface area (Å²) in [6.07, 6.45) is 4.64. The van der Waals surface area contributed by atoms with Gasteiger partial charge in [-0.25, -0.2) is 0 Å². The molecule has 92 valence electrons. The summed E-state index contributed by atoms with van der Waals surface area (Å²) in [4.78, 5) is 0. The first-order chi connectivity index (χ1) is 8.86. The van der Waals surface area contributed by atoms with E-state index in [2.05, 4.69) is 28.2 Å². The van der Waals surface area contributed by atoms with Gasteiger partial charge >= 0.3 is 0 Å². The fourth-order valence-corrected chi connectivity index (χ4v) is 2.76. The van der Waals surface area contributed by atoms with Crippen LogP contribution in [0.1, 0.15) is 18.4 Å². The van der Waals surface area contributed by atoms with E-state index in [1.54, 1.807) is 0 Å². The molecule has 2 aromatic rings. The summed E-state index contributed by atoms with van der Waals surface area (Å²) in [5.41, 5.74) is 1.93. The lowest BCUT2D eigenvalue weighted by Crippen LogP contribution is -2.29. The third-order valence-corrected chi connectivity index (χ3v) is 3.82. The van der Waals surface area contributed by atoms with Gasteiger partial charge in [0.25, 0.3) is 0 Å².